The zero-order valence-corrected chi connectivity index (χ0v) is 17.4. The summed E-state index contributed by atoms with van der Waals surface area (Å²) in [6.45, 7) is 8.00. The molecule has 3 rings (SSSR count). The van der Waals surface area contributed by atoms with Gasteiger partial charge in [0.2, 0.25) is 0 Å². The topological polar surface area (TPSA) is 46.2 Å². The van der Waals surface area contributed by atoms with Gasteiger partial charge in [-0.25, -0.2) is 0 Å². The summed E-state index contributed by atoms with van der Waals surface area (Å²) in [7, 11) is 0. The van der Waals surface area contributed by atoms with Crippen molar-refractivity contribution < 1.29 is 23.7 Å². The lowest BCUT2D eigenvalue weighted by molar-refractivity contribution is -0.220. The summed E-state index contributed by atoms with van der Waals surface area (Å²) in [6, 6.07) is 7.95. The minimum atomic E-state index is -0.280. The van der Waals surface area contributed by atoms with Crippen molar-refractivity contribution in [1.29, 1.82) is 0 Å². The lowest BCUT2D eigenvalue weighted by Gasteiger charge is -2.32. The van der Waals surface area contributed by atoms with Gasteiger partial charge in [0.25, 0.3) is 0 Å². The number of benzene rings is 1. The van der Waals surface area contributed by atoms with E-state index in [0.717, 1.165) is 37.4 Å². The van der Waals surface area contributed by atoms with E-state index < -0.39 is 0 Å². The number of ether oxygens (including phenoxy) is 5. The monoisotopic (exact) mass is 392 g/mol. The van der Waals surface area contributed by atoms with Gasteiger partial charge < -0.3 is 23.7 Å². The van der Waals surface area contributed by atoms with E-state index in [9.17, 15) is 0 Å². The quantitative estimate of drug-likeness (QED) is 0.519. The first-order chi connectivity index (χ1) is 13.8. The Morgan fingerprint density at radius 3 is 2.07 bits per heavy atom. The largest absolute Gasteiger partial charge is 0.494 e. The molecule has 0 atom stereocenters. The molecular formula is C23H36O5. The van der Waals surface area contributed by atoms with Crippen LogP contribution in [0.5, 0.6) is 5.75 Å². The molecule has 28 heavy (non-hydrogen) atoms. The molecule has 0 radical (unpaired) electrons. The van der Waals surface area contributed by atoms with Crippen LogP contribution in [0, 0.1) is 11.8 Å². The van der Waals surface area contributed by atoms with Gasteiger partial charge in [0.1, 0.15) is 5.75 Å². The maximum absolute atomic E-state index is 5.94. The van der Waals surface area contributed by atoms with Crippen LogP contribution in [0.3, 0.4) is 0 Å². The molecule has 0 N–H and O–H groups in total. The fourth-order valence-electron chi connectivity index (χ4n) is 3.76. The highest BCUT2D eigenvalue weighted by Gasteiger charge is 2.26. The first-order valence-corrected chi connectivity index (χ1v) is 11.0. The van der Waals surface area contributed by atoms with E-state index in [1.54, 1.807) is 0 Å². The Labute approximate surface area is 169 Å². The second-order valence-corrected chi connectivity index (χ2v) is 7.90. The number of hydrogen-bond donors (Lipinski definition) is 0. The molecule has 158 valence electrons. The minimum Gasteiger partial charge on any atom is -0.494 e. The lowest BCUT2D eigenvalue weighted by atomic mass is 10.0. The summed E-state index contributed by atoms with van der Waals surface area (Å²) in [6.07, 6.45) is 6.64. The lowest BCUT2D eigenvalue weighted by Crippen LogP contribution is -2.33. The van der Waals surface area contributed by atoms with E-state index >= 15 is 0 Å². The molecule has 0 bridgehead atoms. The van der Waals surface area contributed by atoms with Crippen LogP contribution < -0.4 is 4.74 Å². The van der Waals surface area contributed by atoms with Gasteiger partial charge in [-0.1, -0.05) is 38.3 Å². The number of hydrogen-bond acceptors (Lipinski definition) is 5. The minimum absolute atomic E-state index is 0.0636. The van der Waals surface area contributed by atoms with Crippen LogP contribution in [0.4, 0.5) is 0 Å². The van der Waals surface area contributed by atoms with Gasteiger partial charge in [0.05, 0.1) is 33.0 Å². The molecule has 1 aromatic carbocycles. The molecule has 5 heteroatoms. The Balaban J connectivity index is 1.31. The zero-order chi connectivity index (χ0) is 19.6. The molecule has 2 fully saturated rings. The normalized spacial score (nSPS) is 28.2. The van der Waals surface area contributed by atoms with Gasteiger partial charge in [-0.3, -0.25) is 0 Å². The third-order valence-electron chi connectivity index (χ3n) is 5.49. The van der Waals surface area contributed by atoms with Gasteiger partial charge >= 0.3 is 0 Å². The summed E-state index contributed by atoms with van der Waals surface area (Å²) in [4.78, 5) is 0. The van der Waals surface area contributed by atoms with Crippen LogP contribution in [0.2, 0.25) is 0 Å². The fraction of sp³-hybridized carbons (Fsp3) is 0.739. The fourth-order valence-corrected chi connectivity index (χ4v) is 3.76. The van der Waals surface area contributed by atoms with Gasteiger partial charge in [-0.15, -0.1) is 0 Å². The summed E-state index contributed by atoms with van der Waals surface area (Å²) in [5.74, 6) is 1.84. The van der Waals surface area contributed by atoms with Gasteiger partial charge in [-0.05, 0) is 38.3 Å². The highest BCUT2D eigenvalue weighted by Crippen LogP contribution is 2.29. The number of unbranched alkanes of at least 4 members (excludes halogenated alkanes) is 2. The van der Waals surface area contributed by atoms with E-state index in [2.05, 4.69) is 6.92 Å². The standard InChI is InChI=1S/C23H36O5/c1-3-5-6-7-18-14-25-22(26-15-18)13-8-19-16-27-23(28-17-19)20-9-11-21(12-10-20)24-4-2/h9-12,18-19,22-23H,3-8,13-17H2,1-2H3/t18-,19-,22-,23-. The molecule has 0 aromatic heterocycles. The van der Waals surface area contributed by atoms with Crippen molar-refractivity contribution in [2.45, 2.75) is 65.0 Å². The van der Waals surface area contributed by atoms with E-state index in [1.807, 2.05) is 31.2 Å². The van der Waals surface area contributed by atoms with Crippen molar-refractivity contribution >= 4 is 0 Å². The second-order valence-electron chi connectivity index (χ2n) is 7.90. The summed E-state index contributed by atoms with van der Waals surface area (Å²) in [5, 5.41) is 0. The van der Waals surface area contributed by atoms with Crippen molar-refractivity contribution in [2.75, 3.05) is 33.0 Å². The molecule has 0 aliphatic carbocycles. The molecule has 5 nitrogen and oxygen atoms in total. The molecular weight excluding hydrogens is 356 g/mol. The molecule has 2 saturated heterocycles. The van der Waals surface area contributed by atoms with E-state index in [0.29, 0.717) is 31.7 Å². The zero-order valence-electron chi connectivity index (χ0n) is 17.4. The van der Waals surface area contributed by atoms with Crippen molar-refractivity contribution in [1.82, 2.24) is 0 Å². The predicted octanol–water partition coefficient (Wildman–Crippen LogP) is 5.10. The summed E-state index contributed by atoms with van der Waals surface area (Å²) >= 11 is 0. The second kappa shape index (κ2) is 11.8. The highest BCUT2D eigenvalue weighted by atomic mass is 16.7. The average molecular weight is 393 g/mol. The molecule has 0 saturated carbocycles. The third-order valence-corrected chi connectivity index (χ3v) is 5.49. The van der Waals surface area contributed by atoms with Crippen LogP contribution >= 0.6 is 0 Å². The predicted molar refractivity (Wildman–Crippen MR) is 108 cm³/mol. The molecule has 1 aromatic rings. The molecule has 0 unspecified atom stereocenters. The van der Waals surface area contributed by atoms with Crippen LogP contribution in [0.25, 0.3) is 0 Å². The van der Waals surface area contributed by atoms with Crippen LogP contribution in [-0.2, 0) is 18.9 Å². The van der Waals surface area contributed by atoms with Crippen LogP contribution in [0.1, 0.15) is 64.2 Å². The Hall–Kier alpha value is -1.14. The maximum Gasteiger partial charge on any atom is 0.183 e. The Morgan fingerprint density at radius 1 is 0.786 bits per heavy atom. The van der Waals surface area contributed by atoms with Crippen molar-refractivity contribution in [3.05, 3.63) is 29.8 Å². The summed E-state index contributed by atoms with van der Waals surface area (Å²) in [5.41, 5.74) is 1.04. The Morgan fingerprint density at radius 2 is 1.43 bits per heavy atom. The molecule has 2 aliphatic rings. The summed E-state index contributed by atoms with van der Waals surface area (Å²) < 4.78 is 29.2. The molecule has 0 spiro atoms. The van der Waals surface area contributed by atoms with Crippen molar-refractivity contribution in [3.8, 4) is 5.75 Å². The smallest absolute Gasteiger partial charge is 0.183 e. The van der Waals surface area contributed by atoms with Gasteiger partial charge in [0.15, 0.2) is 12.6 Å². The molecule has 0 amide bonds. The van der Waals surface area contributed by atoms with E-state index in [-0.39, 0.29) is 12.6 Å². The Bertz CT molecular complexity index is 530. The van der Waals surface area contributed by atoms with E-state index in [1.165, 1.54) is 25.7 Å². The van der Waals surface area contributed by atoms with Crippen LogP contribution in [0.15, 0.2) is 24.3 Å². The van der Waals surface area contributed by atoms with Gasteiger partial charge in [0, 0.05) is 17.4 Å². The first-order valence-electron chi connectivity index (χ1n) is 11.0. The molecule has 2 heterocycles. The first kappa shape index (κ1) is 21.6. The third kappa shape index (κ3) is 6.73. The van der Waals surface area contributed by atoms with Crippen LogP contribution in [-0.4, -0.2) is 39.3 Å². The SMILES string of the molecule is CCCCC[C@H]1CO[C@H](CC[C@H]2CO[C@H](c3ccc(OCC)cc3)OC2)OC1. The van der Waals surface area contributed by atoms with Crippen molar-refractivity contribution in [2.24, 2.45) is 11.8 Å². The average Bonchev–Trinajstić information content (AvgIpc) is 2.75. The Kier molecular flexibility index (Phi) is 9.06. The highest BCUT2D eigenvalue weighted by molar-refractivity contribution is 5.28. The molecule has 2 aliphatic heterocycles. The number of rotatable bonds is 10. The van der Waals surface area contributed by atoms with Gasteiger partial charge in [-0.2, -0.15) is 0 Å². The van der Waals surface area contributed by atoms with Crippen molar-refractivity contribution in [3.63, 3.8) is 0 Å². The maximum atomic E-state index is 5.94. The van der Waals surface area contributed by atoms with E-state index in [4.69, 9.17) is 23.7 Å².